The van der Waals surface area contributed by atoms with Crippen molar-refractivity contribution in [3.63, 3.8) is 0 Å². The molecule has 2 atom stereocenters. The summed E-state index contributed by atoms with van der Waals surface area (Å²) in [6, 6.07) is 20.1. The van der Waals surface area contributed by atoms with Crippen LogP contribution in [0.15, 0.2) is 60.7 Å². The van der Waals surface area contributed by atoms with Gasteiger partial charge in [0.2, 0.25) is 5.91 Å². The maximum Gasteiger partial charge on any atom is 0.222 e. The Morgan fingerprint density at radius 2 is 1.50 bits per heavy atom. The van der Waals surface area contributed by atoms with E-state index >= 15 is 0 Å². The summed E-state index contributed by atoms with van der Waals surface area (Å²) in [5.41, 5.74) is 2.20. The summed E-state index contributed by atoms with van der Waals surface area (Å²) in [6.45, 7) is 6.71. The molecule has 138 valence electrons. The third kappa shape index (κ3) is 5.16. The van der Waals surface area contributed by atoms with E-state index in [1.54, 1.807) is 0 Å². The molecule has 26 heavy (non-hydrogen) atoms. The predicted octanol–water partition coefficient (Wildman–Crippen LogP) is 3.39. The van der Waals surface area contributed by atoms with E-state index in [2.05, 4.69) is 48.3 Å². The predicted molar refractivity (Wildman–Crippen MR) is 104 cm³/mol. The van der Waals surface area contributed by atoms with Gasteiger partial charge in [0.05, 0.1) is 18.2 Å². The standard InChI is InChI=1S/C22H28N2O2/c1-17-15-24(16-18(2)26-17)14-13-21(25)23-22(19-9-5-3-6-10-19)20-11-7-4-8-12-20/h3-12,17-18,22H,13-16H2,1-2H3,(H,23,25)/t17-,18+. The van der Waals surface area contributed by atoms with Gasteiger partial charge >= 0.3 is 0 Å². The fourth-order valence-electron chi connectivity index (χ4n) is 3.61. The summed E-state index contributed by atoms with van der Waals surface area (Å²) in [5.74, 6) is 0.0782. The van der Waals surface area contributed by atoms with Crippen molar-refractivity contribution in [3.8, 4) is 0 Å². The molecule has 1 saturated heterocycles. The Hall–Kier alpha value is -2.17. The molecule has 1 N–H and O–H groups in total. The number of amides is 1. The van der Waals surface area contributed by atoms with Crippen LogP contribution in [0.2, 0.25) is 0 Å². The summed E-state index contributed by atoms with van der Waals surface area (Å²) < 4.78 is 5.76. The smallest absolute Gasteiger partial charge is 0.222 e. The first-order chi connectivity index (χ1) is 12.6. The quantitative estimate of drug-likeness (QED) is 0.866. The van der Waals surface area contributed by atoms with Crippen molar-refractivity contribution < 1.29 is 9.53 Å². The first kappa shape index (κ1) is 18.6. The Balaban J connectivity index is 1.62. The average molecular weight is 352 g/mol. The Morgan fingerprint density at radius 1 is 1.00 bits per heavy atom. The van der Waals surface area contributed by atoms with Gasteiger partial charge in [-0.25, -0.2) is 0 Å². The third-order valence-electron chi connectivity index (χ3n) is 4.72. The van der Waals surface area contributed by atoms with Crippen LogP contribution in [-0.4, -0.2) is 42.6 Å². The van der Waals surface area contributed by atoms with Crippen LogP contribution >= 0.6 is 0 Å². The van der Waals surface area contributed by atoms with Crippen LogP contribution in [-0.2, 0) is 9.53 Å². The van der Waals surface area contributed by atoms with Crippen molar-refractivity contribution >= 4 is 5.91 Å². The summed E-state index contributed by atoms with van der Waals surface area (Å²) in [6.07, 6.45) is 0.946. The monoisotopic (exact) mass is 352 g/mol. The van der Waals surface area contributed by atoms with Gasteiger partial charge < -0.3 is 10.1 Å². The number of nitrogens with one attached hydrogen (secondary N) is 1. The van der Waals surface area contributed by atoms with E-state index in [1.165, 1.54) is 0 Å². The second-order valence-electron chi connectivity index (χ2n) is 7.09. The van der Waals surface area contributed by atoms with Crippen LogP contribution in [0.5, 0.6) is 0 Å². The zero-order valence-electron chi connectivity index (χ0n) is 15.6. The van der Waals surface area contributed by atoms with E-state index in [1.807, 2.05) is 36.4 Å². The fraction of sp³-hybridized carbons (Fsp3) is 0.409. The number of rotatable bonds is 6. The molecule has 4 nitrogen and oxygen atoms in total. The van der Waals surface area contributed by atoms with Crippen molar-refractivity contribution in [1.82, 2.24) is 10.2 Å². The lowest BCUT2D eigenvalue weighted by Gasteiger charge is -2.35. The Morgan fingerprint density at radius 3 is 2.00 bits per heavy atom. The number of hydrogen-bond donors (Lipinski definition) is 1. The highest BCUT2D eigenvalue weighted by atomic mass is 16.5. The molecular weight excluding hydrogens is 324 g/mol. The van der Waals surface area contributed by atoms with Crippen molar-refractivity contribution in [1.29, 1.82) is 0 Å². The number of ether oxygens (including phenoxy) is 1. The summed E-state index contributed by atoms with van der Waals surface area (Å²) in [4.78, 5) is 15.0. The molecule has 1 heterocycles. The van der Waals surface area contributed by atoms with Crippen LogP contribution in [0.4, 0.5) is 0 Å². The zero-order valence-corrected chi connectivity index (χ0v) is 15.6. The largest absolute Gasteiger partial charge is 0.373 e. The van der Waals surface area contributed by atoms with E-state index in [9.17, 15) is 4.79 Å². The summed E-state index contributed by atoms with van der Waals surface area (Å²) >= 11 is 0. The van der Waals surface area contributed by atoms with Crippen LogP contribution in [0.3, 0.4) is 0 Å². The van der Waals surface area contributed by atoms with Crippen LogP contribution in [0.25, 0.3) is 0 Å². The van der Waals surface area contributed by atoms with Gasteiger partial charge in [-0.05, 0) is 25.0 Å². The molecule has 4 heteroatoms. The topological polar surface area (TPSA) is 41.6 Å². The first-order valence-electron chi connectivity index (χ1n) is 9.39. The minimum Gasteiger partial charge on any atom is -0.373 e. The molecule has 0 bridgehead atoms. The molecule has 0 saturated carbocycles. The minimum absolute atomic E-state index is 0.0782. The van der Waals surface area contributed by atoms with Crippen molar-refractivity contribution in [2.75, 3.05) is 19.6 Å². The molecule has 0 radical (unpaired) electrons. The van der Waals surface area contributed by atoms with Crippen molar-refractivity contribution in [2.45, 2.75) is 38.5 Å². The van der Waals surface area contributed by atoms with Crippen LogP contribution in [0.1, 0.15) is 37.4 Å². The number of carbonyl (C=O) groups is 1. The molecular formula is C22H28N2O2. The number of benzene rings is 2. The van der Waals surface area contributed by atoms with Gasteiger partial charge in [0.1, 0.15) is 0 Å². The number of hydrogen-bond acceptors (Lipinski definition) is 3. The lowest BCUT2D eigenvalue weighted by atomic mass is 9.98. The first-order valence-corrected chi connectivity index (χ1v) is 9.39. The van der Waals surface area contributed by atoms with Crippen LogP contribution in [0, 0.1) is 0 Å². The normalized spacial score (nSPS) is 20.9. The van der Waals surface area contributed by atoms with Gasteiger partial charge in [-0.1, -0.05) is 60.7 Å². The number of morpholine rings is 1. The SMILES string of the molecule is C[C@@H]1CN(CCC(=O)NC(c2ccccc2)c2ccccc2)C[C@H](C)O1. The highest BCUT2D eigenvalue weighted by Gasteiger charge is 2.23. The Bertz CT molecular complexity index is 640. The van der Waals surface area contributed by atoms with E-state index in [4.69, 9.17) is 4.74 Å². The van der Waals surface area contributed by atoms with Gasteiger partial charge in [-0.3, -0.25) is 9.69 Å². The van der Waals surface area contributed by atoms with E-state index < -0.39 is 0 Å². The highest BCUT2D eigenvalue weighted by Crippen LogP contribution is 2.22. The molecule has 1 fully saturated rings. The molecule has 2 aromatic carbocycles. The van der Waals surface area contributed by atoms with Gasteiger partial charge in [-0.15, -0.1) is 0 Å². The average Bonchev–Trinajstić information content (AvgIpc) is 2.65. The molecule has 0 aromatic heterocycles. The third-order valence-corrected chi connectivity index (χ3v) is 4.72. The van der Waals surface area contributed by atoms with Crippen molar-refractivity contribution in [3.05, 3.63) is 71.8 Å². The highest BCUT2D eigenvalue weighted by molar-refractivity contribution is 5.77. The molecule has 3 rings (SSSR count). The van der Waals surface area contributed by atoms with Gasteiger partial charge in [0.25, 0.3) is 0 Å². The number of nitrogens with zero attached hydrogens (tertiary/aromatic N) is 1. The van der Waals surface area contributed by atoms with E-state index in [-0.39, 0.29) is 24.2 Å². The van der Waals surface area contributed by atoms with E-state index in [0.717, 1.165) is 30.8 Å². The lowest BCUT2D eigenvalue weighted by Crippen LogP contribution is -2.46. The van der Waals surface area contributed by atoms with Gasteiger partial charge in [0, 0.05) is 26.1 Å². The second kappa shape index (κ2) is 8.97. The molecule has 0 unspecified atom stereocenters. The molecule has 0 aliphatic carbocycles. The zero-order chi connectivity index (χ0) is 18.4. The van der Waals surface area contributed by atoms with Gasteiger partial charge in [-0.2, -0.15) is 0 Å². The maximum absolute atomic E-state index is 12.6. The summed E-state index contributed by atoms with van der Waals surface area (Å²) in [7, 11) is 0. The summed E-state index contributed by atoms with van der Waals surface area (Å²) in [5, 5.41) is 3.21. The van der Waals surface area contributed by atoms with Crippen molar-refractivity contribution in [2.24, 2.45) is 0 Å². The molecule has 1 amide bonds. The maximum atomic E-state index is 12.6. The molecule has 0 spiro atoms. The van der Waals surface area contributed by atoms with E-state index in [0.29, 0.717) is 6.42 Å². The van der Waals surface area contributed by atoms with Gasteiger partial charge in [0.15, 0.2) is 0 Å². The molecule has 1 aliphatic heterocycles. The molecule has 2 aromatic rings. The Kier molecular flexibility index (Phi) is 6.42. The lowest BCUT2D eigenvalue weighted by molar-refractivity contribution is -0.123. The molecule has 1 aliphatic rings. The second-order valence-corrected chi connectivity index (χ2v) is 7.09. The van der Waals surface area contributed by atoms with Crippen LogP contribution < -0.4 is 5.32 Å². The minimum atomic E-state index is -0.118. The Labute approximate surface area is 156 Å². The fourth-order valence-corrected chi connectivity index (χ4v) is 3.61. The number of carbonyl (C=O) groups excluding carboxylic acids is 1.